The predicted molar refractivity (Wildman–Crippen MR) is 75.8 cm³/mol. The van der Waals surface area contributed by atoms with Crippen LogP contribution in [0.3, 0.4) is 0 Å². The third-order valence-electron chi connectivity index (χ3n) is 2.82. The minimum atomic E-state index is -0.677. The van der Waals surface area contributed by atoms with E-state index in [9.17, 15) is 4.79 Å². The van der Waals surface area contributed by atoms with Crippen molar-refractivity contribution in [1.29, 1.82) is 0 Å². The second kappa shape index (κ2) is 5.29. The van der Waals surface area contributed by atoms with Crippen LogP contribution in [0.5, 0.6) is 0 Å². The number of benzene rings is 1. The number of nitrogens with one attached hydrogen (secondary N) is 1. The summed E-state index contributed by atoms with van der Waals surface area (Å²) in [6.45, 7) is 7.88. The highest BCUT2D eigenvalue weighted by atomic mass is 35.5. The lowest BCUT2D eigenvalue weighted by molar-refractivity contribution is -0.125. The van der Waals surface area contributed by atoms with Crippen molar-refractivity contribution in [1.82, 2.24) is 5.32 Å². The lowest BCUT2D eigenvalue weighted by Crippen LogP contribution is -2.49. The summed E-state index contributed by atoms with van der Waals surface area (Å²) < 4.78 is 0. The maximum atomic E-state index is 12.2. The quantitative estimate of drug-likeness (QED) is 0.881. The second-order valence-corrected chi connectivity index (χ2v) is 6.18. The monoisotopic (exact) mass is 268 g/mol. The molecular weight excluding hydrogens is 248 g/mol. The Morgan fingerprint density at radius 2 is 1.83 bits per heavy atom. The number of carbonyl (C=O) groups excluding carboxylic acids is 1. The molecule has 1 rings (SSSR count). The molecule has 3 N–H and O–H groups in total. The van der Waals surface area contributed by atoms with E-state index < -0.39 is 11.0 Å². The predicted octanol–water partition coefficient (Wildman–Crippen LogP) is 2.47. The Morgan fingerprint density at radius 1 is 1.28 bits per heavy atom. The zero-order valence-corrected chi connectivity index (χ0v) is 12.1. The Bertz CT molecular complexity index is 436. The highest BCUT2D eigenvalue weighted by molar-refractivity contribution is 6.31. The van der Waals surface area contributed by atoms with Gasteiger partial charge < -0.3 is 11.1 Å². The zero-order chi connectivity index (χ0) is 14.0. The molecule has 0 aliphatic heterocycles. The molecule has 0 atom stereocenters. The molecule has 18 heavy (non-hydrogen) atoms. The van der Waals surface area contributed by atoms with E-state index in [4.69, 9.17) is 17.3 Å². The van der Waals surface area contributed by atoms with Crippen LogP contribution >= 0.6 is 11.6 Å². The Balaban J connectivity index is 2.87. The van der Waals surface area contributed by atoms with Crippen molar-refractivity contribution in [3.63, 3.8) is 0 Å². The number of carbonyl (C=O) groups is 1. The van der Waals surface area contributed by atoms with Crippen molar-refractivity contribution in [2.75, 3.05) is 6.54 Å². The molecule has 1 aromatic carbocycles. The largest absolute Gasteiger partial charge is 0.354 e. The summed E-state index contributed by atoms with van der Waals surface area (Å²) in [6.07, 6.45) is 0. The van der Waals surface area contributed by atoms with Crippen LogP contribution in [-0.4, -0.2) is 18.0 Å². The van der Waals surface area contributed by atoms with Crippen LogP contribution < -0.4 is 11.1 Å². The van der Waals surface area contributed by atoms with E-state index in [2.05, 4.69) is 5.32 Å². The van der Waals surface area contributed by atoms with Gasteiger partial charge in [0.1, 0.15) is 0 Å². The second-order valence-electron chi connectivity index (χ2n) is 5.78. The number of hydrogen-bond acceptors (Lipinski definition) is 2. The highest BCUT2D eigenvalue weighted by Gasteiger charge is 2.32. The summed E-state index contributed by atoms with van der Waals surface area (Å²) >= 11 is 6.14. The average molecular weight is 269 g/mol. The molecular formula is C14H21ClN2O. The normalized spacial score (nSPS) is 12.3. The maximum Gasteiger partial charge on any atom is 0.230 e. The summed E-state index contributed by atoms with van der Waals surface area (Å²) in [7, 11) is 0. The van der Waals surface area contributed by atoms with E-state index in [0.29, 0.717) is 11.6 Å². The third-order valence-corrected chi connectivity index (χ3v) is 3.15. The third kappa shape index (κ3) is 3.72. The molecule has 0 aromatic heterocycles. The SMILES string of the molecule is CC(C)(N)CNC(=O)C(C)(C)c1ccccc1Cl. The van der Waals surface area contributed by atoms with Gasteiger partial charge in [0.2, 0.25) is 5.91 Å². The van der Waals surface area contributed by atoms with E-state index >= 15 is 0 Å². The highest BCUT2D eigenvalue weighted by Crippen LogP contribution is 2.29. The Labute approximate surface area is 114 Å². The van der Waals surface area contributed by atoms with Crippen molar-refractivity contribution >= 4 is 17.5 Å². The molecule has 0 saturated heterocycles. The van der Waals surface area contributed by atoms with Crippen LogP contribution in [0.2, 0.25) is 5.02 Å². The van der Waals surface area contributed by atoms with Crippen molar-refractivity contribution in [3.05, 3.63) is 34.9 Å². The van der Waals surface area contributed by atoms with Crippen molar-refractivity contribution < 1.29 is 4.79 Å². The number of nitrogens with two attached hydrogens (primary N) is 1. The standard InChI is InChI=1S/C14H21ClN2O/c1-13(2,16)9-17-12(18)14(3,4)10-7-5-6-8-11(10)15/h5-8H,9,16H2,1-4H3,(H,17,18). The summed E-state index contributed by atoms with van der Waals surface area (Å²) in [4.78, 5) is 12.2. The molecule has 1 amide bonds. The first-order valence-electron chi connectivity index (χ1n) is 5.97. The summed E-state index contributed by atoms with van der Waals surface area (Å²) in [5, 5.41) is 3.47. The number of amides is 1. The van der Waals surface area contributed by atoms with Gasteiger partial charge in [0.25, 0.3) is 0 Å². The van der Waals surface area contributed by atoms with Gasteiger partial charge >= 0.3 is 0 Å². The van der Waals surface area contributed by atoms with Gasteiger partial charge in [0.05, 0.1) is 5.41 Å². The van der Waals surface area contributed by atoms with Crippen LogP contribution in [-0.2, 0) is 10.2 Å². The first-order valence-corrected chi connectivity index (χ1v) is 6.34. The molecule has 3 nitrogen and oxygen atoms in total. The Morgan fingerprint density at radius 3 is 2.33 bits per heavy atom. The summed E-state index contributed by atoms with van der Waals surface area (Å²) in [5.41, 5.74) is 5.57. The molecule has 0 aliphatic carbocycles. The maximum absolute atomic E-state index is 12.2. The molecule has 0 radical (unpaired) electrons. The van der Waals surface area contributed by atoms with E-state index in [1.807, 2.05) is 45.9 Å². The smallest absolute Gasteiger partial charge is 0.230 e. The summed E-state index contributed by atoms with van der Waals surface area (Å²) in [5.74, 6) is -0.0749. The lowest BCUT2D eigenvalue weighted by atomic mass is 9.83. The van der Waals surface area contributed by atoms with E-state index in [1.165, 1.54) is 0 Å². The van der Waals surface area contributed by atoms with Crippen LogP contribution in [0.15, 0.2) is 24.3 Å². The van der Waals surface area contributed by atoms with E-state index in [0.717, 1.165) is 5.56 Å². The first-order chi connectivity index (χ1) is 8.14. The van der Waals surface area contributed by atoms with Gasteiger partial charge in [-0.05, 0) is 39.3 Å². The molecule has 0 fully saturated rings. The number of hydrogen-bond donors (Lipinski definition) is 2. The fraction of sp³-hybridized carbons (Fsp3) is 0.500. The van der Waals surface area contributed by atoms with Crippen LogP contribution in [0.25, 0.3) is 0 Å². The molecule has 0 spiro atoms. The van der Waals surface area contributed by atoms with Gasteiger partial charge in [-0.15, -0.1) is 0 Å². The Kier molecular flexibility index (Phi) is 4.41. The first kappa shape index (κ1) is 15.0. The molecule has 0 aliphatic rings. The van der Waals surface area contributed by atoms with Crippen LogP contribution in [0.1, 0.15) is 33.3 Å². The molecule has 0 saturated carbocycles. The van der Waals surface area contributed by atoms with E-state index in [1.54, 1.807) is 6.07 Å². The van der Waals surface area contributed by atoms with Crippen molar-refractivity contribution in [3.8, 4) is 0 Å². The summed E-state index contributed by atoms with van der Waals surface area (Å²) in [6, 6.07) is 7.39. The fourth-order valence-electron chi connectivity index (χ4n) is 1.62. The van der Waals surface area contributed by atoms with Gasteiger partial charge in [-0.2, -0.15) is 0 Å². The van der Waals surface area contributed by atoms with Gasteiger partial charge in [0, 0.05) is 17.1 Å². The minimum absolute atomic E-state index is 0.0749. The lowest BCUT2D eigenvalue weighted by Gasteiger charge is -2.27. The molecule has 1 aromatic rings. The Hall–Kier alpha value is -1.06. The number of rotatable bonds is 4. The van der Waals surface area contributed by atoms with Crippen LogP contribution in [0, 0.1) is 0 Å². The van der Waals surface area contributed by atoms with Crippen molar-refractivity contribution in [2.45, 2.75) is 38.6 Å². The topological polar surface area (TPSA) is 55.1 Å². The van der Waals surface area contributed by atoms with Gasteiger partial charge in [-0.1, -0.05) is 29.8 Å². The molecule has 100 valence electrons. The zero-order valence-electron chi connectivity index (χ0n) is 11.4. The van der Waals surface area contributed by atoms with Crippen molar-refractivity contribution in [2.24, 2.45) is 5.73 Å². The van der Waals surface area contributed by atoms with Crippen LogP contribution in [0.4, 0.5) is 0 Å². The number of halogens is 1. The van der Waals surface area contributed by atoms with Gasteiger partial charge in [-0.25, -0.2) is 0 Å². The van der Waals surface area contributed by atoms with Gasteiger partial charge in [-0.3, -0.25) is 4.79 Å². The molecule has 0 heterocycles. The fourth-order valence-corrected chi connectivity index (χ4v) is 1.99. The van der Waals surface area contributed by atoms with E-state index in [-0.39, 0.29) is 5.91 Å². The molecule has 0 unspecified atom stereocenters. The minimum Gasteiger partial charge on any atom is -0.354 e. The molecule has 4 heteroatoms. The van der Waals surface area contributed by atoms with Gasteiger partial charge in [0.15, 0.2) is 0 Å². The molecule has 0 bridgehead atoms. The average Bonchev–Trinajstić information content (AvgIpc) is 2.25.